The van der Waals surface area contributed by atoms with Crippen molar-refractivity contribution in [3.05, 3.63) is 70.5 Å². The van der Waals surface area contributed by atoms with E-state index >= 15 is 0 Å². The number of amides is 1. The minimum atomic E-state index is -4.87. The van der Waals surface area contributed by atoms with E-state index in [1.165, 1.54) is 12.1 Å². The highest BCUT2D eigenvalue weighted by molar-refractivity contribution is 5.92. The highest BCUT2D eigenvalue weighted by atomic mass is 19.4. The van der Waals surface area contributed by atoms with Crippen molar-refractivity contribution in [2.24, 2.45) is 0 Å². The van der Waals surface area contributed by atoms with E-state index < -0.39 is 41.3 Å². The fourth-order valence-corrected chi connectivity index (χ4v) is 5.69. The zero-order valence-electron chi connectivity index (χ0n) is 19.1. The predicted octanol–water partition coefficient (Wildman–Crippen LogP) is 5.41. The summed E-state index contributed by atoms with van der Waals surface area (Å²) in [7, 11) is 0. The second-order valence-corrected chi connectivity index (χ2v) is 9.73. The van der Waals surface area contributed by atoms with Gasteiger partial charge < -0.3 is 15.1 Å². The summed E-state index contributed by atoms with van der Waals surface area (Å²) >= 11 is 0. The molecular weight excluding hydrogens is 495 g/mol. The molecule has 2 aliphatic heterocycles. The Morgan fingerprint density at radius 1 is 1.00 bits per heavy atom. The normalized spacial score (nSPS) is 29.3. The second kappa shape index (κ2) is 8.72. The molecular formula is C25H24F7NO3. The van der Waals surface area contributed by atoms with Gasteiger partial charge in [0, 0.05) is 12.3 Å². The van der Waals surface area contributed by atoms with E-state index in [2.05, 4.69) is 0 Å². The first kappa shape index (κ1) is 26.4. The Morgan fingerprint density at radius 2 is 1.56 bits per heavy atom. The van der Waals surface area contributed by atoms with Crippen LogP contribution < -0.4 is 0 Å². The number of piperidine rings is 1. The van der Waals surface area contributed by atoms with E-state index in [9.17, 15) is 40.6 Å². The maximum atomic E-state index is 13.1. The van der Waals surface area contributed by atoms with E-state index in [1.807, 2.05) is 17.0 Å². The average Bonchev–Trinajstić information content (AvgIpc) is 3.05. The Balaban J connectivity index is 0.000000175. The summed E-state index contributed by atoms with van der Waals surface area (Å²) in [4.78, 5) is 14.2. The maximum absolute atomic E-state index is 13.1. The molecule has 1 spiro atoms. The molecule has 4 atom stereocenters. The molecule has 1 aliphatic carbocycles. The molecule has 3 aliphatic rings. The predicted molar refractivity (Wildman–Crippen MR) is 114 cm³/mol. The first-order valence-corrected chi connectivity index (χ1v) is 11.3. The zero-order valence-corrected chi connectivity index (χ0v) is 19.1. The summed E-state index contributed by atoms with van der Waals surface area (Å²) in [5.41, 5.74) is -3.45. The lowest BCUT2D eigenvalue weighted by Crippen LogP contribution is -2.42. The number of aliphatic hydroxyl groups is 2. The molecule has 4 unspecified atom stereocenters. The van der Waals surface area contributed by atoms with E-state index in [-0.39, 0.29) is 35.3 Å². The fraction of sp³-hybridized carbons (Fsp3) is 0.480. The average molecular weight is 519 g/mol. The molecule has 1 saturated carbocycles. The van der Waals surface area contributed by atoms with Crippen molar-refractivity contribution in [3.8, 4) is 0 Å². The van der Waals surface area contributed by atoms with E-state index in [1.54, 1.807) is 6.92 Å². The molecule has 2 heterocycles. The molecule has 4 nitrogen and oxygen atoms in total. The van der Waals surface area contributed by atoms with Gasteiger partial charge in [-0.05, 0) is 61.2 Å². The molecule has 0 bridgehead atoms. The van der Waals surface area contributed by atoms with Crippen LogP contribution in [0, 0.1) is 5.82 Å². The first-order valence-electron chi connectivity index (χ1n) is 11.3. The van der Waals surface area contributed by atoms with Crippen molar-refractivity contribution in [1.29, 1.82) is 0 Å². The summed E-state index contributed by atoms with van der Waals surface area (Å²) in [6.07, 6.45) is -6.08. The van der Waals surface area contributed by atoms with E-state index in [4.69, 9.17) is 5.11 Å². The van der Waals surface area contributed by atoms with Gasteiger partial charge in [0.15, 0.2) is 0 Å². The lowest BCUT2D eigenvalue weighted by Gasteiger charge is -2.27. The van der Waals surface area contributed by atoms with Gasteiger partial charge in [-0.3, -0.25) is 4.79 Å². The Hall–Kier alpha value is -2.66. The van der Waals surface area contributed by atoms with Gasteiger partial charge in [-0.25, -0.2) is 4.39 Å². The van der Waals surface area contributed by atoms with Gasteiger partial charge in [0.05, 0.1) is 29.3 Å². The second-order valence-electron chi connectivity index (χ2n) is 9.73. The van der Waals surface area contributed by atoms with Crippen LogP contribution in [-0.4, -0.2) is 38.2 Å². The van der Waals surface area contributed by atoms with Crippen molar-refractivity contribution in [2.75, 3.05) is 0 Å². The van der Waals surface area contributed by atoms with E-state index in [0.29, 0.717) is 18.6 Å². The number of carbonyl (C=O) groups excluding carboxylic acids is 1. The quantitative estimate of drug-likeness (QED) is 0.412. The fourth-order valence-electron chi connectivity index (χ4n) is 5.69. The maximum Gasteiger partial charge on any atom is 0.416 e. The molecule has 2 aromatic carbocycles. The van der Waals surface area contributed by atoms with Crippen molar-refractivity contribution in [2.45, 2.75) is 74.7 Å². The molecule has 0 radical (unpaired) electrons. The van der Waals surface area contributed by atoms with Crippen molar-refractivity contribution in [1.82, 2.24) is 4.90 Å². The lowest BCUT2D eigenvalue weighted by atomic mass is 9.81. The molecule has 0 aromatic heterocycles. The van der Waals surface area contributed by atoms with Gasteiger partial charge >= 0.3 is 12.4 Å². The van der Waals surface area contributed by atoms with Gasteiger partial charge in [0.2, 0.25) is 0 Å². The molecule has 3 fully saturated rings. The van der Waals surface area contributed by atoms with Crippen LogP contribution in [0.1, 0.15) is 60.8 Å². The smallest absolute Gasteiger partial charge is 0.392 e. The third-order valence-electron chi connectivity index (χ3n) is 7.32. The van der Waals surface area contributed by atoms with Crippen LogP contribution in [-0.2, 0) is 23.8 Å². The van der Waals surface area contributed by atoms with Crippen LogP contribution in [0.3, 0.4) is 0 Å². The summed E-state index contributed by atoms with van der Waals surface area (Å²) in [5, 5.41) is 18.6. The number of rotatable bonds is 2. The number of benzene rings is 2. The summed E-state index contributed by atoms with van der Waals surface area (Å²) < 4.78 is 86.4. The number of halogens is 7. The number of aliphatic hydroxyl groups excluding tert-OH is 1. The molecule has 11 heteroatoms. The van der Waals surface area contributed by atoms with Crippen molar-refractivity contribution in [3.63, 3.8) is 0 Å². The number of fused-ring (bicyclic) bond motifs is 3. The van der Waals surface area contributed by atoms with Gasteiger partial charge in [0.1, 0.15) is 11.4 Å². The number of hydrogen-bond acceptors (Lipinski definition) is 3. The first-order chi connectivity index (χ1) is 16.6. The topological polar surface area (TPSA) is 60.5 Å². The Kier molecular flexibility index (Phi) is 6.40. The van der Waals surface area contributed by atoms with Crippen LogP contribution in [0.4, 0.5) is 30.7 Å². The number of hydrogen-bond donors (Lipinski definition) is 2. The van der Waals surface area contributed by atoms with Crippen molar-refractivity contribution >= 4 is 5.91 Å². The van der Waals surface area contributed by atoms with Gasteiger partial charge in [-0.15, -0.1) is 0 Å². The van der Waals surface area contributed by atoms with Gasteiger partial charge in [0.25, 0.3) is 5.91 Å². The van der Waals surface area contributed by atoms with Crippen molar-refractivity contribution < 1.29 is 45.7 Å². The van der Waals surface area contributed by atoms with E-state index in [0.717, 1.165) is 24.8 Å². The SMILES string of the molecule is CC1(O)CC2N(C1=O)C21CCCC1c1ccc(F)cc1.OCc1cc(C(F)(F)F)cc(C(F)(F)F)c1. The third-order valence-corrected chi connectivity index (χ3v) is 7.32. The molecule has 196 valence electrons. The van der Waals surface area contributed by atoms with Crippen LogP contribution in [0.2, 0.25) is 0 Å². The Morgan fingerprint density at radius 3 is 2.00 bits per heavy atom. The largest absolute Gasteiger partial charge is 0.416 e. The van der Waals surface area contributed by atoms with Crippen LogP contribution >= 0.6 is 0 Å². The highest BCUT2D eigenvalue weighted by Crippen LogP contribution is 2.65. The molecule has 2 N–H and O–H groups in total. The molecule has 5 rings (SSSR count). The molecule has 1 amide bonds. The zero-order chi connectivity index (χ0) is 26.7. The van der Waals surface area contributed by atoms with Crippen LogP contribution in [0.5, 0.6) is 0 Å². The Bertz CT molecular complexity index is 1110. The number of alkyl halides is 6. The molecule has 2 saturated heterocycles. The summed E-state index contributed by atoms with van der Waals surface area (Å²) in [6.45, 7) is 0.726. The standard InChI is InChI=1S/C16H18FNO2.C9H6F6O/c1-15(20)9-13-16(18(13)14(15)19)8-2-3-12(16)10-4-6-11(17)7-5-10;10-8(11,12)6-1-5(4-16)2-7(3-6)9(13,14)15/h4-7,12-13,20H,2-3,8-9H2,1H3;1-3,16H,4H2. The van der Waals surface area contributed by atoms with Gasteiger partial charge in [-0.2, -0.15) is 26.3 Å². The number of carbonyl (C=O) groups is 1. The minimum Gasteiger partial charge on any atom is -0.392 e. The lowest BCUT2D eigenvalue weighted by molar-refractivity contribution is -0.143. The Labute approximate surface area is 202 Å². The molecule has 2 aromatic rings. The van der Waals surface area contributed by atoms with Crippen LogP contribution in [0.25, 0.3) is 0 Å². The number of nitrogens with zero attached hydrogens (tertiary/aromatic N) is 1. The summed E-state index contributed by atoms with van der Waals surface area (Å²) in [6, 6.07) is 7.81. The van der Waals surface area contributed by atoms with Gasteiger partial charge in [-0.1, -0.05) is 18.6 Å². The minimum absolute atomic E-state index is 0.0131. The summed E-state index contributed by atoms with van der Waals surface area (Å²) in [5.74, 6) is -0.0687. The highest BCUT2D eigenvalue weighted by Gasteiger charge is 2.76. The molecule has 36 heavy (non-hydrogen) atoms. The monoisotopic (exact) mass is 519 g/mol. The third kappa shape index (κ3) is 4.58. The van der Waals surface area contributed by atoms with Crippen LogP contribution in [0.15, 0.2) is 42.5 Å².